The number of rotatable bonds is 1. The monoisotopic (exact) mass is 182 g/mol. The molecule has 4 unspecified atom stereocenters. The molecule has 3 rings (SSSR count). The van der Waals surface area contributed by atoms with Crippen molar-refractivity contribution in [2.45, 2.75) is 50.9 Å². The normalized spacial score (nSPS) is 59.5. The van der Waals surface area contributed by atoms with E-state index in [0.717, 1.165) is 18.4 Å². The Morgan fingerprint density at radius 1 is 1.31 bits per heavy atom. The van der Waals surface area contributed by atoms with Crippen LogP contribution >= 0.6 is 0 Å². The lowest BCUT2D eigenvalue weighted by atomic mass is 9.70. The molecule has 0 aromatic heterocycles. The van der Waals surface area contributed by atoms with Crippen molar-refractivity contribution in [3.8, 4) is 0 Å². The van der Waals surface area contributed by atoms with Gasteiger partial charge in [0.25, 0.3) is 0 Å². The molecule has 1 aliphatic carbocycles. The first-order chi connectivity index (χ1) is 6.19. The maximum absolute atomic E-state index is 5.74. The van der Waals surface area contributed by atoms with Crippen molar-refractivity contribution in [3.05, 3.63) is 0 Å². The molecule has 2 saturated heterocycles. The van der Waals surface area contributed by atoms with Crippen LogP contribution in [-0.4, -0.2) is 24.4 Å². The van der Waals surface area contributed by atoms with Crippen LogP contribution in [0.4, 0.5) is 0 Å². The van der Waals surface area contributed by atoms with Crippen molar-refractivity contribution in [1.29, 1.82) is 0 Å². The highest BCUT2D eigenvalue weighted by atomic mass is 16.6. The summed E-state index contributed by atoms with van der Waals surface area (Å²) >= 11 is 0. The number of hydrogen-bond donors (Lipinski definition) is 0. The van der Waals surface area contributed by atoms with Gasteiger partial charge in [0.05, 0.1) is 24.4 Å². The molecule has 0 N–H and O–H groups in total. The average molecular weight is 182 g/mol. The lowest BCUT2D eigenvalue weighted by Gasteiger charge is -2.49. The van der Waals surface area contributed by atoms with Crippen molar-refractivity contribution < 1.29 is 9.47 Å². The molecule has 0 amide bonds. The van der Waals surface area contributed by atoms with Gasteiger partial charge in [-0.3, -0.25) is 0 Å². The summed E-state index contributed by atoms with van der Waals surface area (Å²) in [6.07, 6.45) is 5.04. The largest absolute Gasteiger partial charge is 0.374 e. The van der Waals surface area contributed by atoms with E-state index in [0.29, 0.717) is 12.2 Å². The van der Waals surface area contributed by atoms with Crippen LogP contribution in [0.5, 0.6) is 0 Å². The van der Waals surface area contributed by atoms with Crippen molar-refractivity contribution in [2.75, 3.05) is 6.61 Å². The Labute approximate surface area is 79.6 Å². The summed E-state index contributed by atoms with van der Waals surface area (Å²) in [4.78, 5) is 0. The Morgan fingerprint density at radius 3 is 2.62 bits per heavy atom. The van der Waals surface area contributed by atoms with Crippen LogP contribution in [-0.2, 0) is 9.47 Å². The van der Waals surface area contributed by atoms with E-state index in [1.807, 2.05) is 0 Å². The Bertz CT molecular complexity index is 222. The van der Waals surface area contributed by atoms with Crippen LogP contribution in [0.15, 0.2) is 0 Å². The summed E-state index contributed by atoms with van der Waals surface area (Å²) in [5, 5.41) is 0. The van der Waals surface area contributed by atoms with Crippen LogP contribution in [0.25, 0.3) is 0 Å². The van der Waals surface area contributed by atoms with Gasteiger partial charge in [-0.1, -0.05) is 0 Å². The van der Waals surface area contributed by atoms with Crippen LogP contribution in [0.3, 0.4) is 0 Å². The average Bonchev–Trinajstić information content (AvgIpc) is 2.82. The van der Waals surface area contributed by atoms with E-state index in [-0.39, 0.29) is 5.60 Å². The minimum Gasteiger partial charge on any atom is -0.374 e. The highest BCUT2D eigenvalue weighted by Gasteiger charge is 2.53. The fourth-order valence-electron chi connectivity index (χ4n) is 3.04. The molecule has 3 aliphatic rings. The van der Waals surface area contributed by atoms with Crippen LogP contribution in [0, 0.1) is 11.8 Å². The van der Waals surface area contributed by atoms with E-state index in [2.05, 4.69) is 13.8 Å². The highest BCUT2D eigenvalue weighted by Crippen LogP contribution is 2.49. The molecule has 0 aromatic carbocycles. The molecule has 0 spiro atoms. The Kier molecular flexibility index (Phi) is 1.58. The molecule has 5 atom stereocenters. The van der Waals surface area contributed by atoms with Gasteiger partial charge >= 0.3 is 0 Å². The molecule has 2 aliphatic heterocycles. The molecular formula is C11H18O2. The first kappa shape index (κ1) is 8.25. The molecule has 0 aromatic rings. The van der Waals surface area contributed by atoms with Gasteiger partial charge in [0.15, 0.2) is 0 Å². The molecule has 1 saturated carbocycles. The highest BCUT2D eigenvalue weighted by molar-refractivity contribution is 5.01. The SMILES string of the molecule is CC1OC2CC(C3(C)CO3)CC[C@@H]12. The second-order valence-corrected chi connectivity index (χ2v) is 5.15. The van der Waals surface area contributed by atoms with E-state index in [1.165, 1.54) is 19.3 Å². The van der Waals surface area contributed by atoms with Crippen molar-refractivity contribution in [2.24, 2.45) is 11.8 Å². The Balaban J connectivity index is 1.64. The Morgan fingerprint density at radius 2 is 2.08 bits per heavy atom. The third kappa shape index (κ3) is 1.15. The van der Waals surface area contributed by atoms with Crippen LogP contribution in [0.2, 0.25) is 0 Å². The molecule has 2 heterocycles. The van der Waals surface area contributed by atoms with Crippen molar-refractivity contribution in [3.63, 3.8) is 0 Å². The van der Waals surface area contributed by atoms with Gasteiger partial charge in [-0.25, -0.2) is 0 Å². The first-order valence-corrected chi connectivity index (χ1v) is 5.48. The Hall–Kier alpha value is -0.0800. The second-order valence-electron chi connectivity index (χ2n) is 5.15. The number of fused-ring (bicyclic) bond motifs is 1. The molecule has 3 fully saturated rings. The van der Waals surface area contributed by atoms with Gasteiger partial charge < -0.3 is 9.47 Å². The van der Waals surface area contributed by atoms with Crippen molar-refractivity contribution >= 4 is 0 Å². The second kappa shape index (κ2) is 2.48. The number of ether oxygens (including phenoxy) is 2. The zero-order valence-electron chi connectivity index (χ0n) is 8.45. The zero-order valence-corrected chi connectivity index (χ0v) is 8.45. The fourth-order valence-corrected chi connectivity index (χ4v) is 3.04. The number of epoxide rings is 1. The molecule has 74 valence electrons. The van der Waals surface area contributed by atoms with Gasteiger partial charge in [0, 0.05) is 5.92 Å². The minimum atomic E-state index is 0.229. The van der Waals surface area contributed by atoms with E-state index >= 15 is 0 Å². The third-order valence-electron chi connectivity index (χ3n) is 4.30. The van der Waals surface area contributed by atoms with E-state index in [1.54, 1.807) is 0 Å². The summed E-state index contributed by atoms with van der Waals surface area (Å²) in [5.74, 6) is 1.62. The van der Waals surface area contributed by atoms with Crippen molar-refractivity contribution in [1.82, 2.24) is 0 Å². The summed E-state index contributed by atoms with van der Waals surface area (Å²) in [7, 11) is 0. The fraction of sp³-hybridized carbons (Fsp3) is 1.00. The van der Waals surface area contributed by atoms with Gasteiger partial charge in [-0.05, 0) is 39.0 Å². The van der Waals surface area contributed by atoms with Gasteiger partial charge in [0.1, 0.15) is 0 Å². The maximum Gasteiger partial charge on any atom is 0.0917 e. The van der Waals surface area contributed by atoms with Crippen LogP contribution < -0.4 is 0 Å². The summed E-state index contributed by atoms with van der Waals surface area (Å²) in [6.45, 7) is 5.43. The minimum absolute atomic E-state index is 0.229. The predicted octanol–water partition coefficient (Wildman–Crippen LogP) is 1.98. The van der Waals surface area contributed by atoms with Gasteiger partial charge in [-0.2, -0.15) is 0 Å². The molecule has 2 heteroatoms. The summed E-state index contributed by atoms with van der Waals surface area (Å²) in [5.41, 5.74) is 0.229. The van der Waals surface area contributed by atoms with E-state index < -0.39 is 0 Å². The third-order valence-corrected chi connectivity index (χ3v) is 4.30. The zero-order chi connectivity index (χ0) is 9.05. The summed E-state index contributed by atoms with van der Waals surface area (Å²) < 4.78 is 11.3. The van der Waals surface area contributed by atoms with Crippen LogP contribution in [0.1, 0.15) is 33.1 Å². The number of hydrogen-bond acceptors (Lipinski definition) is 2. The van der Waals surface area contributed by atoms with Gasteiger partial charge in [-0.15, -0.1) is 0 Å². The molecule has 0 radical (unpaired) electrons. The lowest BCUT2D eigenvalue weighted by molar-refractivity contribution is -0.202. The molecule has 2 nitrogen and oxygen atoms in total. The van der Waals surface area contributed by atoms with E-state index in [9.17, 15) is 0 Å². The van der Waals surface area contributed by atoms with E-state index in [4.69, 9.17) is 9.47 Å². The lowest BCUT2D eigenvalue weighted by Crippen LogP contribution is -2.52. The quantitative estimate of drug-likeness (QED) is 0.578. The maximum atomic E-state index is 5.74. The molecule has 0 bridgehead atoms. The first-order valence-electron chi connectivity index (χ1n) is 5.48. The predicted molar refractivity (Wildman–Crippen MR) is 49.5 cm³/mol. The smallest absolute Gasteiger partial charge is 0.0917 e. The topological polar surface area (TPSA) is 21.8 Å². The van der Waals surface area contributed by atoms with Gasteiger partial charge in [0.2, 0.25) is 0 Å². The standard InChI is InChI=1S/C11H18O2/c1-7-9-4-3-8(5-10(9)13-7)11(2)6-12-11/h7-10H,3-6H2,1-2H3/t7?,8?,9-,10?,11?/m0/s1. The molecule has 13 heavy (non-hydrogen) atoms. The molecular weight excluding hydrogens is 164 g/mol. The summed E-state index contributed by atoms with van der Waals surface area (Å²) in [6, 6.07) is 0.